The Balaban J connectivity index is 0.00000408. The Kier molecular flexibility index (Phi) is 20.3. The second kappa shape index (κ2) is 25.1. The number of rotatable bonds is 18. The number of nitrogens with zero attached hydrogens (tertiary/aromatic N) is 2. The molecule has 7 aromatic rings. The van der Waals surface area contributed by atoms with E-state index >= 15 is 0 Å². The molecular weight excluding hydrogens is 1180 g/mol. The van der Waals surface area contributed by atoms with Crippen molar-refractivity contribution >= 4 is 92.9 Å². The first-order valence-corrected chi connectivity index (χ1v) is 24.8. The Labute approximate surface area is 445 Å². The van der Waals surface area contributed by atoms with Gasteiger partial charge in [0.25, 0.3) is 0 Å². The van der Waals surface area contributed by atoms with Crippen LogP contribution in [0.15, 0.2) is 130 Å². The highest BCUT2D eigenvalue weighted by Gasteiger charge is 2.33. The number of hydrogen-bond donors (Lipinski definition) is 0. The molecule has 7 rings (SSSR count). The van der Waals surface area contributed by atoms with Crippen LogP contribution in [0.2, 0.25) is 10.0 Å². The third kappa shape index (κ3) is 13.3. The number of hydrogen-bond acceptors (Lipinski definition) is 10. The average molecular weight is 1220 g/mol. The van der Waals surface area contributed by atoms with E-state index in [9.17, 15) is 19.2 Å². The van der Waals surface area contributed by atoms with Gasteiger partial charge in [-0.25, -0.2) is 0 Å². The lowest BCUT2D eigenvalue weighted by Gasteiger charge is -2.07. The smallest absolute Gasteiger partial charge is 0.310 e. The number of esters is 2. The number of carbonyl (C=O) groups excluding carboxylic acids is 4. The highest BCUT2D eigenvalue weighted by Crippen LogP contribution is 2.42. The van der Waals surface area contributed by atoms with Crippen LogP contribution < -0.4 is 57.1 Å². The Morgan fingerprint density at radius 3 is 1.27 bits per heavy atom. The molecular formula is C50H44Cl2I2N2O6S4. The van der Waals surface area contributed by atoms with Crippen LogP contribution in [0.4, 0.5) is 0 Å². The fraction of sp³-hybridized carbons (Fsp3) is 0.200. The van der Waals surface area contributed by atoms with E-state index in [0.29, 0.717) is 53.6 Å². The number of halogens is 4. The van der Waals surface area contributed by atoms with E-state index in [1.807, 2.05) is 78.1 Å². The SMILES string of the molecule is CCOC(=O)Cc1c(C(=O)c2ccc(Cl)cc2)sc(SCc2cccc(CSc3sc(C(=O)c4ccc(Cl)cc4)c(CC(=O)OCC)c3-[n+]3ccc(C)cc3)c2)c1-[n+]1ccc(C)cc1.[I-].[I-]. The zero-order valence-corrected chi connectivity index (χ0v) is 45.4. The van der Waals surface area contributed by atoms with Gasteiger partial charge in [0.15, 0.2) is 24.8 Å². The maximum atomic E-state index is 14.2. The Morgan fingerprint density at radius 1 is 0.561 bits per heavy atom. The summed E-state index contributed by atoms with van der Waals surface area (Å²) in [4.78, 5) is 55.5. The molecule has 0 saturated heterocycles. The van der Waals surface area contributed by atoms with E-state index in [1.165, 1.54) is 22.7 Å². The summed E-state index contributed by atoms with van der Waals surface area (Å²) < 4.78 is 16.5. The van der Waals surface area contributed by atoms with E-state index in [2.05, 4.69) is 18.2 Å². The topological polar surface area (TPSA) is 94.5 Å². The van der Waals surface area contributed by atoms with Crippen LogP contribution in [0.3, 0.4) is 0 Å². The fourth-order valence-corrected chi connectivity index (χ4v) is 12.2. The minimum absolute atomic E-state index is 0. The van der Waals surface area contributed by atoms with Crippen molar-refractivity contribution in [2.24, 2.45) is 0 Å². The number of pyridine rings is 2. The summed E-state index contributed by atoms with van der Waals surface area (Å²) >= 11 is 18.3. The molecule has 0 atom stereocenters. The Morgan fingerprint density at radius 2 is 0.924 bits per heavy atom. The monoisotopic (exact) mass is 1220 g/mol. The first kappa shape index (κ1) is 53.3. The van der Waals surface area contributed by atoms with Crippen molar-refractivity contribution < 1.29 is 85.7 Å². The number of carbonyl (C=O) groups is 4. The summed E-state index contributed by atoms with van der Waals surface area (Å²) in [7, 11) is 0. The van der Waals surface area contributed by atoms with Gasteiger partial charge in [0.2, 0.25) is 22.9 Å². The summed E-state index contributed by atoms with van der Waals surface area (Å²) in [6, 6.07) is 29.9. The van der Waals surface area contributed by atoms with Crippen molar-refractivity contribution in [3.63, 3.8) is 0 Å². The molecule has 0 saturated carbocycles. The predicted octanol–water partition coefficient (Wildman–Crippen LogP) is 5.55. The minimum Gasteiger partial charge on any atom is -1.00 e. The van der Waals surface area contributed by atoms with Crippen LogP contribution in [-0.4, -0.2) is 36.7 Å². The quantitative estimate of drug-likeness (QED) is 0.0364. The van der Waals surface area contributed by atoms with E-state index in [4.69, 9.17) is 32.7 Å². The lowest BCUT2D eigenvalue weighted by molar-refractivity contribution is -0.598. The summed E-state index contributed by atoms with van der Waals surface area (Å²) in [5, 5.41) is 1.05. The summed E-state index contributed by atoms with van der Waals surface area (Å²) in [6.07, 6.45) is 7.66. The molecule has 16 heteroatoms. The van der Waals surface area contributed by atoms with E-state index in [1.54, 1.807) is 85.9 Å². The normalized spacial score (nSPS) is 10.8. The first-order valence-electron chi connectivity index (χ1n) is 20.4. The molecule has 0 aliphatic carbocycles. The number of ketones is 2. The molecule has 0 fully saturated rings. The zero-order valence-electron chi connectivity index (χ0n) is 36.3. The standard InChI is InChI=1S/C50H44Cl2N2O6S4.2HI/c1-5-59-41(55)27-39-43(53-22-18-31(3)19-23-53)49(63-47(39)45(57)35-10-14-37(51)15-11-35)61-29-33-8-7-9-34(26-33)30-62-50-44(54-24-20-32(4)21-25-54)40(28-42(56)60-6-2)48(64-50)46(58)36-12-16-38(52)17-13-36;;/h7-26H,5-6,27-30H2,1-4H3;2*1H/q+2;;/p-2. The average Bonchev–Trinajstić information content (AvgIpc) is 3.83. The largest absolute Gasteiger partial charge is 1.00 e. The second-order valence-electron chi connectivity index (χ2n) is 14.7. The van der Waals surface area contributed by atoms with Crippen LogP contribution in [0.1, 0.15) is 77.7 Å². The Bertz CT molecular complexity index is 2630. The van der Waals surface area contributed by atoms with Crippen LogP contribution in [0.5, 0.6) is 0 Å². The van der Waals surface area contributed by atoms with Gasteiger partial charge < -0.3 is 57.4 Å². The maximum absolute atomic E-state index is 14.2. The maximum Gasteiger partial charge on any atom is 0.310 e. The molecule has 8 nitrogen and oxygen atoms in total. The van der Waals surface area contributed by atoms with Gasteiger partial charge in [-0.1, -0.05) is 47.5 Å². The molecule has 4 heterocycles. The number of thioether (sulfide) groups is 2. The molecule has 0 unspecified atom stereocenters. The molecule has 342 valence electrons. The highest BCUT2D eigenvalue weighted by molar-refractivity contribution is 8.00. The lowest BCUT2D eigenvalue weighted by atomic mass is 10.0. The predicted molar refractivity (Wildman–Crippen MR) is 257 cm³/mol. The van der Waals surface area contributed by atoms with E-state index < -0.39 is 11.9 Å². The van der Waals surface area contributed by atoms with E-state index in [-0.39, 0.29) is 85.6 Å². The van der Waals surface area contributed by atoms with Crippen molar-refractivity contribution in [2.75, 3.05) is 13.2 Å². The first-order chi connectivity index (χ1) is 30.9. The van der Waals surface area contributed by atoms with Crippen LogP contribution >= 0.6 is 69.4 Å². The molecule has 0 aliphatic rings. The zero-order chi connectivity index (χ0) is 45.3. The van der Waals surface area contributed by atoms with Gasteiger partial charge in [-0.2, -0.15) is 9.13 Å². The van der Waals surface area contributed by atoms with Crippen molar-refractivity contribution in [1.82, 2.24) is 0 Å². The van der Waals surface area contributed by atoms with Gasteiger partial charge in [-0.15, -0.1) is 46.2 Å². The molecule has 0 bridgehead atoms. The molecule has 0 N–H and O–H groups in total. The van der Waals surface area contributed by atoms with Gasteiger partial charge in [0.1, 0.15) is 8.42 Å². The molecule has 0 spiro atoms. The number of benzene rings is 3. The minimum atomic E-state index is -0.412. The molecule has 0 aliphatic heterocycles. The highest BCUT2D eigenvalue weighted by atomic mass is 127. The van der Waals surface area contributed by atoms with Crippen LogP contribution in [0, 0.1) is 13.8 Å². The van der Waals surface area contributed by atoms with Gasteiger partial charge in [0, 0.05) is 56.9 Å². The molecule has 3 aromatic carbocycles. The fourth-order valence-electron chi connectivity index (χ4n) is 6.86. The summed E-state index contributed by atoms with van der Waals surface area (Å²) in [5.74, 6) is -0.0463. The van der Waals surface area contributed by atoms with Crippen LogP contribution in [0.25, 0.3) is 11.4 Å². The molecule has 0 amide bonds. The molecule has 0 radical (unpaired) electrons. The second-order valence-corrected chi connectivity index (χ2v) is 20.1. The van der Waals surface area contributed by atoms with Crippen molar-refractivity contribution in [3.05, 3.63) is 186 Å². The van der Waals surface area contributed by atoms with Gasteiger partial charge in [-0.05, 0) is 98.5 Å². The molecule has 66 heavy (non-hydrogen) atoms. The summed E-state index contributed by atoms with van der Waals surface area (Å²) in [6.45, 7) is 8.00. The van der Waals surface area contributed by atoms with Crippen molar-refractivity contribution in [3.8, 4) is 11.4 Å². The Hall–Kier alpha value is -3.62. The third-order valence-corrected chi connectivity index (χ3v) is 15.6. The van der Waals surface area contributed by atoms with E-state index in [0.717, 1.165) is 42.0 Å². The lowest BCUT2D eigenvalue weighted by Crippen LogP contribution is -3.00. The van der Waals surface area contributed by atoms with Gasteiger partial charge >= 0.3 is 11.9 Å². The van der Waals surface area contributed by atoms with Gasteiger partial charge in [0.05, 0.1) is 46.9 Å². The molecule has 4 aromatic heterocycles. The van der Waals surface area contributed by atoms with Crippen molar-refractivity contribution in [1.29, 1.82) is 0 Å². The van der Waals surface area contributed by atoms with Crippen molar-refractivity contribution in [2.45, 2.75) is 60.5 Å². The number of ether oxygens (including phenoxy) is 2. The number of aromatic nitrogens is 2. The number of thiophene rings is 2. The third-order valence-electron chi connectivity index (χ3n) is 10.0. The summed E-state index contributed by atoms with van der Waals surface area (Å²) in [5.41, 5.74) is 7.99. The van der Waals surface area contributed by atoms with Gasteiger partial charge in [-0.3, -0.25) is 19.2 Å². The number of aryl methyl sites for hydroxylation is 2. The van der Waals surface area contributed by atoms with Crippen LogP contribution in [-0.2, 0) is 43.4 Å².